The van der Waals surface area contributed by atoms with E-state index in [1.807, 2.05) is 6.92 Å². The third-order valence-electron chi connectivity index (χ3n) is 1.29. The van der Waals surface area contributed by atoms with Crippen molar-refractivity contribution in [3.05, 3.63) is 0 Å². The van der Waals surface area contributed by atoms with E-state index in [0.717, 1.165) is 0 Å². The molecule has 1 saturated heterocycles. The summed E-state index contributed by atoms with van der Waals surface area (Å²) in [7, 11) is 0. The molecule has 1 unspecified atom stereocenters. The Morgan fingerprint density at radius 3 is 2.75 bits per heavy atom. The molecule has 1 rings (SSSR count). The summed E-state index contributed by atoms with van der Waals surface area (Å²) >= 11 is 0. The summed E-state index contributed by atoms with van der Waals surface area (Å²) in [6, 6.07) is 0.146. The summed E-state index contributed by atoms with van der Waals surface area (Å²) in [5.41, 5.74) is 0. The number of likely N-dealkylation sites (tertiary alicyclic amines) is 1. The molecular weight excluding hydrogens is 104 g/mol. The Kier molecular flexibility index (Phi) is 0.943. The molecule has 0 aliphatic carbocycles. The van der Waals surface area contributed by atoms with Crippen LogP contribution in [0.3, 0.4) is 0 Å². The minimum absolute atomic E-state index is 0.0556. The molecule has 1 fully saturated rings. The van der Waals surface area contributed by atoms with Crippen LogP contribution in [0.15, 0.2) is 0 Å². The van der Waals surface area contributed by atoms with Crippen LogP contribution < -0.4 is 0 Å². The fourth-order valence-electron chi connectivity index (χ4n) is 0.730. The fraction of sp³-hybridized carbons (Fsp3) is 0.600. The molecule has 0 aromatic heterocycles. The highest BCUT2D eigenvalue weighted by Crippen LogP contribution is 2.15. The fourth-order valence-corrected chi connectivity index (χ4v) is 0.730. The first-order valence-corrected chi connectivity index (χ1v) is 2.47. The Bertz CT molecular complexity index is 158. The number of hydrogen-bond acceptors (Lipinski definition) is 2. The summed E-state index contributed by atoms with van der Waals surface area (Å²) in [6.45, 7) is 1.85. The maximum Gasteiger partial charge on any atom is 0.237 e. The molecule has 1 heterocycles. The summed E-state index contributed by atoms with van der Waals surface area (Å²) in [5, 5.41) is 8.18. The highest BCUT2D eigenvalue weighted by Gasteiger charge is 2.31. The van der Waals surface area contributed by atoms with Crippen LogP contribution in [0.5, 0.6) is 0 Å². The van der Waals surface area contributed by atoms with Gasteiger partial charge in [-0.25, -0.2) is 4.90 Å². The van der Waals surface area contributed by atoms with Gasteiger partial charge < -0.3 is 0 Å². The molecule has 1 atom stereocenters. The molecule has 1 aliphatic rings. The minimum atomic E-state index is -0.0556. The summed E-state index contributed by atoms with van der Waals surface area (Å²) in [5.74, 6) is -0.0556. The zero-order chi connectivity index (χ0) is 6.15. The van der Waals surface area contributed by atoms with E-state index in [1.54, 1.807) is 6.19 Å². The number of nitrogens with zero attached hydrogens (tertiary/aromatic N) is 2. The first-order chi connectivity index (χ1) is 3.75. The summed E-state index contributed by atoms with van der Waals surface area (Å²) < 4.78 is 0. The van der Waals surface area contributed by atoms with Gasteiger partial charge in [-0.1, -0.05) is 0 Å². The number of hydrogen-bond donors (Lipinski definition) is 0. The molecular formula is C5H6N2O. The first kappa shape index (κ1) is 5.10. The van der Waals surface area contributed by atoms with Gasteiger partial charge in [-0.2, -0.15) is 5.26 Å². The molecule has 0 radical (unpaired) electrons. The Labute approximate surface area is 47.5 Å². The lowest BCUT2D eigenvalue weighted by Crippen LogP contribution is -2.47. The average Bonchev–Trinajstić information content (AvgIpc) is 1.67. The standard InChI is InChI=1S/C5H6N2O/c1-4-2-5(8)7(4)3-6/h4H,2H2,1H3. The minimum Gasteiger partial charge on any atom is -0.274 e. The van der Waals surface area contributed by atoms with Crippen LogP contribution in [-0.2, 0) is 4.79 Å². The van der Waals surface area contributed by atoms with Crippen LogP contribution in [0, 0.1) is 11.5 Å². The molecule has 0 spiro atoms. The molecule has 1 amide bonds. The molecule has 0 bridgehead atoms. The third kappa shape index (κ3) is 0.463. The van der Waals surface area contributed by atoms with Gasteiger partial charge in [0.05, 0.1) is 6.04 Å². The number of carbonyl (C=O) groups excluding carboxylic acids is 1. The van der Waals surface area contributed by atoms with E-state index in [4.69, 9.17) is 5.26 Å². The van der Waals surface area contributed by atoms with Gasteiger partial charge in [-0.15, -0.1) is 0 Å². The van der Waals surface area contributed by atoms with Crippen molar-refractivity contribution in [2.45, 2.75) is 19.4 Å². The Balaban J connectivity index is 2.56. The molecule has 3 nitrogen and oxygen atoms in total. The van der Waals surface area contributed by atoms with Crippen molar-refractivity contribution in [2.24, 2.45) is 0 Å². The zero-order valence-electron chi connectivity index (χ0n) is 4.59. The smallest absolute Gasteiger partial charge is 0.237 e. The van der Waals surface area contributed by atoms with Crippen molar-refractivity contribution in [1.29, 1.82) is 5.26 Å². The molecule has 3 heteroatoms. The number of rotatable bonds is 0. The van der Waals surface area contributed by atoms with E-state index in [2.05, 4.69) is 0 Å². The van der Waals surface area contributed by atoms with Crippen molar-refractivity contribution in [1.82, 2.24) is 4.90 Å². The van der Waals surface area contributed by atoms with Crippen LogP contribution in [0.2, 0.25) is 0 Å². The van der Waals surface area contributed by atoms with Crippen molar-refractivity contribution < 1.29 is 4.79 Å². The van der Waals surface area contributed by atoms with Gasteiger partial charge in [0.15, 0.2) is 6.19 Å². The van der Waals surface area contributed by atoms with Gasteiger partial charge in [-0.3, -0.25) is 4.79 Å². The van der Waals surface area contributed by atoms with Crippen LogP contribution in [0.25, 0.3) is 0 Å². The zero-order valence-corrected chi connectivity index (χ0v) is 4.59. The third-order valence-corrected chi connectivity index (χ3v) is 1.29. The second kappa shape index (κ2) is 1.48. The Hall–Kier alpha value is -1.04. The maximum atomic E-state index is 10.4. The largest absolute Gasteiger partial charge is 0.274 e. The second-order valence-corrected chi connectivity index (χ2v) is 1.92. The topological polar surface area (TPSA) is 44.1 Å². The van der Waals surface area contributed by atoms with E-state index in [9.17, 15) is 4.79 Å². The maximum absolute atomic E-state index is 10.4. The SMILES string of the molecule is CC1CC(=O)N1C#N. The van der Waals surface area contributed by atoms with Crippen LogP contribution in [0.4, 0.5) is 0 Å². The molecule has 1 aliphatic heterocycles. The van der Waals surface area contributed by atoms with Crippen molar-refractivity contribution in [2.75, 3.05) is 0 Å². The number of amides is 1. The van der Waals surface area contributed by atoms with E-state index < -0.39 is 0 Å². The van der Waals surface area contributed by atoms with Crippen molar-refractivity contribution in [3.63, 3.8) is 0 Å². The van der Waals surface area contributed by atoms with Gasteiger partial charge in [0.1, 0.15) is 0 Å². The Morgan fingerprint density at radius 1 is 2.00 bits per heavy atom. The number of nitriles is 1. The Morgan fingerprint density at radius 2 is 2.62 bits per heavy atom. The van der Waals surface area contributed by atoms with E-state index in [1.165, 1.54) is 4.90 Å². The van der Waals surface area contributed by atoms with Gasteiger partial charge in [0.25, 0.3) is 0 Å². The first-order valence-electron chi connectivity index (χ1n) is 2.47. The van der Waals surface area contributed by atoms with E-state index >= 15 is 0 Å². The molecule has 0 saturated carbocycles. The highest BCUT2D eigenvalue weighted by atomic mass is 16.2. The van der Waals surface area contributed by atoms with E-state index in [-0.39, 0.29) is 11.9 Å². The monoisotopic (exact) mass is 110 g/mol. The van der Waals surface area contributed by atoms with Crippen LogP contribution in [-0.4, -0.2) is 16.8 Å². The van der Waals surface area contributed by atoms with Crippen LogP contribution in [0.1, 0.15) is 13.3 Å². The predicted molar refractivity (Wildman–Crippen MR) is 26.5 cm³/mol. The molecule has 42 valence electrons. The van der Waals surface area contributed by atoms with Gasteiger partial charge in [0.2, 0.25) is 5.91 Å². The lowest BCUT2D eigenvalue weighted by atomic mass is 10.1. The van der Waals surface area contributed by atoms with Gasteiger partial charge in [-0.05, 0) is 6.92 Å². The summed E-state index contributed by atoms with van der Waals surface area (Å²) in [6.07, 6.45) is 2.32. The molecule has 0 N–H and O–H groups in total. The van der Waals surface area contributed by atoms with E-state index in [0.29, 0.717) is 6.42 Å². The second-order valence-electron chi connectivity index (χ2n) is 1.92. The van der Waals surface area contributed by atoms with Crippen molar-refractivity contribution in [3.8, 4) is 6.19 Å². The number of carbonyl (C=O) groups is 1. The summed E-state index contributed by atoms with van der Waals surface area (Å²) in [4.78, 5) is 11.6. The molecule has 0 aromatic rings. The number of β-lactam (4-membered cyclic amide) rings is 1. The predicted octanol–water partition coefficient (Wildman–Crippen LogP) is 0.0883. The van der Waals surface area contributed by atoms with Gasteiger partial charge >= 0.3 is 0 Å². The quantitative estimate of drug-likeness (QED) is 0.327. The lowest BCUT2D eigenvalue weighted by molar-refractivity contribution is -0.139. The normalized spacial score (nSPS) is 26.8. The lowest BCUT2D eigenvalue weighted by Gasteiger charge is -2.30. The average molecular weight is 110 g/mol. The van der Waals surface area contributed by atoms with Crippen molar-refractivity contribution >= 4 is 5.91 Å². The molecule has 0 aromatic carbocycles. The van der Waals surface area contributed by atoms with Crippen LogP contribution >= 0.6 is 0 Å². The van der Waals surface area contributed by atoms with Gasteiger partial charge in [0, 0.05) is 6.42 Å². The molecule has 8 heavy (non-hydrogen) atoms. The highest BCUT2D eigenvalue weighted by molar-refractivity contribution is 5.84.